The number of ether oxygens (including phenoxy) is 1. The van der Waals surface area contributed by atoms with Crippen molar-refractivity contribution in [1.82, 2.24) is 4.98 Å². The second-order valence-electron chi connectivity index (χ2n) is 4.66. The molecule has 0 aliphatic carbocycles. The Morgan fingerprint density at radius 3 is 2.86 bits per heavy atom. The van der Waals surface area contributed by atoms with Crippen LogP contribution < -0.4 is 5.32 Å². The summed E-state index contributed by atoms with van der Waals surface area (Å²) in [5.41, 5.74) is 0. The first-order valence-corrected chi connectivity index (χ1v) is 6.76. The molecule has 6 heteroatoms. The van der Waals surface area contributed by atoms with E-state index in [0.717, 1.165) is 10.8 Å². The Labute approximate surface area is 122 Å². The quantitative estimate of drug-likeness (QED) is 0.707. The minimum Gasteiger partial charge on any atom is -0.449 e. The highest BCUT2D eigenvalue weighted by Gasteiger charge is 2.06. The van der Waals surface area contributed by atoms with E-state index in [-0.39, 0.29) is 13.2 Å². The van der Waals surface area contributed by atoms with E-state index in [1.807, 2.05) is 24.3 Å². The number of aliphatic hydroxyl groups excluding tert-OH is 2. The van der Waals surface area contributed by atoms with Crippen LogP contribution in [0.3, 0.4) is 0 Å². The zero-order valence-corrected chi connectivity index (χ0v) is 11.5. The molecule has 0 saturated carbocycles. The molecule has 0 spiro atoms. The van der Waals surface area contributed by atoms with Crippen molar-refractivity contribution >= 4 is 22.7 Å². The first kappa shape index (κ1) is 15.2. The molecule has 2 rings (SSSR count). The van der Waals surface area contributed by atoms with Gasteiger partial charge in [-0.2, -0.15) is 0 Å². The summed E-state index contributed by atoms with van der Waals surface area (Å²) in [6, 6.07) is 9.48. The number of nitrogens with one attached hydrogen (secondary N) is 1. The summed E-state index contributed by atoms with van der Waals surface area (Å²) >= 11 is 0. The molecule has 0 fully saturated rings. The lowest BCUT2D eigenvalue weighted by Crippen LogP contribution is -2.17. The Bertz CT molecular complexity index is 603. The van der Waals surface area contributed by atoms with Crippen molar-refractivity contribution in [3.63, 3.8) is 0 Å². The molecule has 21 heavy (non-hydrogen) atoms. The third kappa shape index (κ3) is 4.70. The number of benzene rings is 1. The minimum absolute atomic E-state index is 0.177. The van der Waals surface area contributed by atoms with E-state index in [1.54, 1.807) is 12.3 Å². The van der Waals surface area contributed by atoms with Crippen LogP contribution in [0.5, 0.6) is 0 Å². The van der Waals surface area contributed by atoms with Gasteiger partial charge >= 0.3 is 6.09 Å². The van der Waals surface area contributed by atoms with Gasteiger partial charge in [-0.3, -0.25) is 5.32 Å². The molecule has 112 valence electrons. The van der Waals surface area contributed by atoms with Crippen LogP contribution in [0.4, 0.5) is 10.6 Å². The lowest BCUT2D eigenvalue weighted by molar-refractivity contribution is 0.0793. The van der Waals surface area contributed by atoms with Gasteiger partial charge < -0.3 is 14.9 Å². The fourth-order valence-electron chi connectivity index (χ4n) is 1.87. The molecule has 1 aromatic carbocycles. The topological polar surface area (TPSA) is 91.7 Å². The fourth-order valence-corrected chi connectivity index (χ4v) is 1.87. The molecule has 1 atom stereocenters. The first-order valence-electron chi connectivity index (χ1n) is 6.76. The highest BCUT2D eigenvalue weighted by molar-refractivity contribution is 5.89. The van der Waals surface area contributed by atoms with Crippen LogP contribution in [0.1, 0.15) is 12.8 Å². The summed E-state index contributed by atoms with van der Waals surface area (Å²) < 4.78 is 4.97. The number of anilines is 1. The third-order valence-corrected chi connectivity index (χ3v) is 2.99. The molecule has 0 aliphatic rings. The average molecular weight is 290 g/mol. The van der Waals surface area contributed by atoms with Crippen LogP contribution in [0.15, 0.2) is 36.5 Å². The van der Waals surface area contributed by atoms with Gasteiger partial charge in [-0.05, 0) is 24.3 Å². The number of rotatable bonds is 6. The molecule has 0 saturated heterocycles. The zero-order valence-electron chi connectivity index (χ0n) is 11.5. The van der Waals surface area contributed by atoms with Gasteiger partial charge in [-0.25, -0.2) is 9.78 Å². The number of carbonyl (C=O) groups excluding carboxylic acids is 1. The van der Waals surface area contributed by atoms with Crippen LogP contribution in [-0.2, 0) is 4.74 Å². The van der Waals surface area contributed by atoms with Gasteiger partial charge in [0, 0.05) is 11.6 Å². The second kappa shape index (κ2) is 7.56. The van der Waals surface area contributed by atoms with Gasteiger partial charge in [0.15, 0.2) is 0 Å². The Hall–Kier alpha value is -2.18. The Morgan fingerprint density at radius 2 is 2.10 bits per heavy atom. The van der Waals surface area contributed by atoms with E-state index in [0.29, 0.717) is 18.7 Å². The molecular weight excluding hydrogens is 272 g/mol. The molecule has 0 radical (unpaired) electrons. The highest BCUT2D eigenvalue weighted by atomic mass is 16.5. The summed E-state index contributed by atoms with van der Waals surface area (Å²) in [5.74, 6) is 0.425. The van der Waals surface area contributed by atoms with Gasteiger partial charge in [0.1, 0.15) is 5.82 Å². The molecule has 6 nitrogen and oxygen atoms in total. The molecular formula is C15H18N2O4. The predicted octanol–water partition coefficient (Wildman–Crippen LogP) is 1.92. The van der Waals surface area contributed by atoms with Crippen molar-refractivity contribution < 1.29 is 19.7 Å². The van der Waals surface area contributed by atoms with Gasteiger partial charge in [-0.1, -0.05) is 24.3 Å². The van der Waals surface area contributed by atoms with Crippen molar-refractivity contribution in [3.8, 4) is 0 Å². The Morgan fingerprint density at radius 1 is 1.33 bits per heavy atom. The molecule has 2 aromatic rings. The second-order valence-corrected chi connectivity index (χ2v) is 4.66. The van der Waals surface area contributed by atoms with Crippen LogP contribution >= 0.6 is 0 Å². The van der Waals surface area contributed by atoms with Crippen molar-refractivity contribution in [2.45, 2.75) is 18.9 Å². The van der Waals surface area contributed by atoms with Crippen molar-refractivity contribution in [2.75, 3.05) is 18.5 Å². The molecule has 0 bridgehead atoms. The predicted molar refractivity (Wildman–Crippen MR) is 79.0 cm³/mol. The summed E-state index contributed by atoms with van der Waals surface area (Å²) in [6.07, 6.45) is 1.20. The van der Waals surface area contributed by atoms with Crippen LogP contribution in [0.25, 0.3) is 10.8 Å². The normalized spacial score (nSPS) is 12.1. The number of hydrogen-bond acceptors (Lipinski definition) is 5. The largest absolute Gasteiger partial charge is 0.449 e. The first-order chi connectivity index (χ1) is 10.2. The SMILES string of the molecule is O=C(Nc1cc2ccccc2cn1)OCCCC(O)CO. The van der Waals surface area contributed by atoms with E-state index in [9.17, 15) is 4.79 Å². The van der Waals surface area contributed by atoms with Gasteiger partial charge in [0.2, 0.25) is 0 Å². The number of pyridine rings is 1. The lowest BCUT2D eigenvalue weighted by atomic mass is 10.2. The van der Waals surface area contributed by atoms with E-state index < -0.39 is 12.2 Å². The zero-order chi connectivity index (χ0) is 15.1. The number of aromatic nitrogens is 1. The van der Waals surface area contributed by atoms with Crippen LogP contribution in [0, 0.1) is 0 Å². The Balaban J connectivity index is 1.81. The standard InChI is InChI=1S/C15H18N2O4/c18-10-13(19)6-3-7-21-15(20)17-14-8-11-4-1-2-5-12(11)9-16-14/h1-2,4-5,8-9,13,18-19H,3,6-7,10H2,(H,16,17,20). The smallest absolute Gasteiger partial charge is 0.412 e. The number of aliphatic hydroxyl groups is 2. The maximum absolute atomic E-state index is 11.6. The minimum atomic E-state index is -0.765. The summed E-state index contributed by atoms with van der Waals surface area (Å²) in [5, 5.41) is 22.3. The summed E-state index contributed by atoms with van der Waals surface area (Å²) in [4.78, 5) is 15.7. The van der Waals surface area contributed by atoms with Crippen molar-refractivity contribution in [3.05, 3.63) is 36.5 Å². The monoisotopic (exact) mass is 290 g/mol. The van der Waals surface area contributed by atoms with E-state index in [4.69, 9.17) is 14.9 Å². The van der Waals surface area contributed by atoms with Crippen LogP contribution in [-0.4, -0.2) is 40.6 Å². The fraction of sp³-hybridized carbons (Fsp3) is 0.333. The summed E-state index contributed by atoms with van der Waals surface area (Å²) in [6.45, 7) is -0.107. The van der Waals surface area contributed by atoms with E-state index >= 15 is 0 Å². The number of nitrogens with zero attached hydrogens (tertiary/aromatic N) is 1. The average Bonchev–Trinajstić information content (AvgIpc) is 2.51. The van der Waals surface area contributed by atoms with E-state index in [2.05, 4.69) is 10.3 Å². The molecule has 1 heterocycles. The van der Waals surface area contributed by atoms with Gasteiger partial charge in [0.25, 0.3) is 0 Å². The molecule has 3 N–H and O–H groups in total. The molecule has 1 aromatic heterocycles. The molecule has 0 aliphatic heterocycles. The lowest BCUT2D eigenvalue weighted by Gasteiger charge is -2.08. The molecule has 1 unspecified atom stereocenters. The number of hydrogen-bond donors (Lipinski definition) is 3. The maximum Gasteiger partial charge on any atom is 0.412 e. The van der Waals surface area contributed by atoms with Crippen molar-refractivity contribution in [2.24, 2.45) is 0 Å². The van der Waals surface area contributed by atoms with E-state index in [1.165, 1.54) is 0 Å². The van der Waals surface area contributed by atoms with Gasteiger partial charge in [0.05, 0.1) is 19.3 Å². The molecule has 1 amide bonds. The third-order valence-electron chi connectivity index (χ3n) is 2.99. The van der Waals surface area contributed by atoms with Gasteiger partial charge in [-0.15, -0.1) is 0 Å². The number of carbonyl (C=O) groups is 1. The highest BCUT2D eigenvalue weighted by Crippen LogP contribution is 2.16. The van der Waals surface area contributed by atoms with Crippen molar-refractivity contribution in [1.29, 1.82) is 0 Å². The number of amides is 1. The summed E-state index contributed by atoms with van der Waals surface area (Å²) in [7, 11) is 0. The maximum atomic E-state index is 11.6. The van der Waals surface area contributed by atoms with Crippen LogP contribution in [0.2, 0.25) is 0 Å². The number of fused-ring (bicyclic) bond motifs is 1. The Kier molecular flexibility index (Phi) is 5.48.